The van der Waals surface area contributed by atoms with Crippen LogP contribution in [0.4, 0.5) is 10.1 Å². The molecule has 1 unspecified atom stereocenters. The van der Waals surface area contributed by atoms with Crippen LogP contribution in [-0.4, -0.2) is 27.8 Å². The maximum Gasteiger partial charge on any atom is 0.241 e. The van der Waals surface area contributed by atoms with Gasteiger partial charge in [0.15, 0.2) is 0 Å². The molecule has 2 aromatic carbocycles. The van der Waals surface area contributed by atoms with Gasteiger partial charge in [0.1, 0.15) is 16.1 Å². The van der Waals surface area contributed by atoms with Crippen molar-refractivity contribution < 1.29 is 13.7 Å². The monoisotopic (exact) mass is 510 g/mol. The third-order valence-corrected chi connectivity index (χ3v) is 8.67. The first kappa shape index (κ1) is 26.6. The second kappa shape index (κ2) is 10.9. The largest absolute Gasteiger partial charge is 0.598 e. The fraction of sp³-hybridized carbons (Fsp3) is 0.500. The summed E-state index contributed by atoms with van der Waals surface area (Å²) in [5, 5.41) is 15.5. The van der Waals surface area contributed by atoms with Crippen LogP contribution in [0.5, 0.6) is 0 Å². The Kier molecular flexibility index (Phi) is 8.06. The molecule has 36 heavy (non-hydrogen) atoms. The first-order valence-corrected chi connectivity index (χ1v) is 13.8. The van der Waals surface area contributed by atoms with Crippen LogP contribution in [0.3, 0.4) is 0 Å². The summed E-state index contributed by atoms with van der Waals surface area (Å²) in [6, 6.07) is 13.8. The van der Waals surface area contributed by atoms with Crippen molar-refractivity contribution in [3.8, 4) is 6.07 Å². The topological polar surface area (TPSA) is 100 Å². The van der Waals surface area contributed by atoms with Crippen molar-refractivity contribution in [3.63, 3.8) is 0 Å². The van der Waals surface area contributed by atoms with E-state index < -0.39 is 27.5 Å². The number of carbonyl (C=O) groups is 1. The summed E-state index contributed by atoms with van der Waals surface area (Å²) in [4.78, 5) is 12.8. The Labute approximate surface area is 216 Å². The third kappa shape index (κ3) is 6.09. The van der Waals surface area contributed by atoms with Crippen molar-refractivity contribution in [1.29, 1.82) is 5.26 Å². The second-order valence-electron chi connectivity index (χ2n) is 10.9. The second-order valence-corrected chi connectivity index (χ2v) is 12.9. The summed E-state index contributed by atoms with van der Waals surface area (Å²) in [6.07, 6.45) is 5.47. The molecule has 3 N–H and O–H groups in total. The average molecular weight is 511 g/mol. The van der Waals surface area contributed by atoms with Crippen molar-refractivity contribution in [1.82, 2.24) is 10.0 Å². The van der Waals surface area contributed by atoms with Gasteiger partial charge < -0.3 is 15.2 Å². The zero-order valence-electron chi connectivity index (χ0n) is 21.2. The van der Waals surface area contributed by atoms with Crippen molar-refractivity contribution in [2.24, 2.45) is 5.92 Å². The quantitative estimate of drug-likeness (QED) is 0.418. The Bertz CT molecular complexity index is 1140. The van der Waals surface area contributed by atoms with E-state index in [-0.39, 0.29) is 17.6 Å². The highest BCUT2D eigenvalue weighted by atomic mass is 32.2. The number of nitrogens with one attached hydrogen (secondary N) is 3. The highest BCUT2D eigenvalue weighted by Gasteiger charge is 2.43. The van der Waals surface area contributed by atoms with E-state index >= 15 is 0 Å². The van der Waals surface area contributed by atoms with E-state index in [1.807, 2.05) is 39.0 Å². The maximum absolute atomic E-state index is 14.9. The lowest BCUT2D eigenvalue weighted by Crippen LogP contribution is -2.52. The van der Waals surface area contributed by atoms with Crippen LogP contribution in [0, 0.1) is 23.1 Å². The molecule has 2 aromatic rings. The highest BCUT2D eigenvalue weighted by Crippen LogP contribution is 2.43. The average Bonchev–Trinajstić information content (AvgIpc) is 3.52. The summed E-state index contributed by atoms with van der Waals surface area (Å²) < 4.78 is 31.3. The van der Waals surface area contributed by atoms with E-state index in [4.69, 9.17) is 0 Å². The number of nitrogens with zero attached hydrogens (tertiary/aromatic N) is 1. The zero-order valence-corrected chi connectivity index (χ0v) is 22.0. The summed E-state index contributed by atoms with van der Waals surface area (Å²) in [5.41, 5.74) is 1.15. The molecule has 1 heterocycles. The summed E-state index contributed by atoms with van der Waals surface area (Å²) >= 11 is -1.46. The van der Waals surface area contributed by atoms with Gasteiger partial charge in [0.25, 0.3) is 0 Å². The van der Waals surface area contributed by atoms with Gasteiger partial charge in [-0.25, -0.2) is 4.39 Å². The lowest BCUT2D eigenvalue weighted by Gasteiger charge is -2.39. The van der Waals surface area contributed by atoms with Crippen molar-refractivity contribution in [3.05, 3.63) is 65.0 Å². The fourth-order valence-corrected chi connectivity index (χ4v) is 5.59. The minimum absolute atomic E-state index is 0.0989. The molecule has 1 aliphatic carbocycles. The Hall–Kier alpha value is -2.44. The minimum atomic E-state index is -1.46. The van der Waals surface area contributed by atoms with Crippen LogP contribution < -0.4 is 15.4 Å². The number of carbonyl (C=O) groups excluding carboxylic acids is 1. The summed E-state index contributed by atoms with van der Waals surface area (Å²) in [6.45, 7) is 6.47. The Morgan fingerprint density at radius 1 is 1.19 bits per heavy atom. The molecule has 1 aliphatic heterocycles. The number of hydrogen-bond donors (Lipinski definition) is 3. The van der Waals surface area contributed by atoms with E-state index in [9.17, 15) is 19.0 Å². The van der Waals surface area contributed by atoms with Crippen LogP contribution in [0.2, 0.25) is 0 Å². The molecule has 0 radical (unpaired) electrons. The molecule has 1 saturated heterocycles. The number of amides is 1. The number of nitriles is 1. The molecule has 3 atom stereocenters. The van der Waals surface area contributed by atoms with E-state index in [1.165, 1.54) is 6.07 Å². The van der Waals surface area contributed by atoms with Crippen molar-refractivity contribution in [2.75, 3.05) is 11.9 Å². The molecule has 2 fully saturated rings. The van der Waals surface area contributed by atoms with Gasteiger partial charge >= 0.3 is 0 Å². The molecule has 0 bridgehead atoms. The van der Waals surface area contributed by atoms with E-state index in [0.717, 1.165) is 37.8 Å². The standard InChI is InChI=1S/C28H35FN4O2S/c1-27(2,3)36(35)33-28(14-13-19-9-10-19,21-7-4-6-20(16-21)18-30)22-11-12-23(29)25(17-22)32-26(34)24-8-5-15-31-24/h4,6-7,11-12,16-17,19,24,31,33H,5,8-10,13-15H2,1-3H3,(H,32,34)/t24-,28-,36?/m1/s1. The maximum atomic E-state index is 14.9. The Balaban J connectivity index is 1.81. The predicted molar refractivity (Wildman–Crippen MR) is 141 cm³/mol. The molecule has 4 rings (SSSR count). The smallest absolute Gasteiger partial charge is 0.241 e. The third-order valence-electron chi connectivity index (χ3n) is 7.03. The van der Waals surface area contributed by atoms with Crippen LogP contribution in [0.15, 0.2) is 42.5 Å². The van der Waals surface area contributed by atoms with Gasteiger partial charge in [0.2, 0.25) is 5.91 Å². The van der Waals surface area contributed by atoms with Gasteiger partial charge in [-0.1, -0.05) is 31.0 Å². The van der Waals surface area contributed by atoms with Crippen LogP contribution in [-0.2, 0) is 21.7 Å². The normalized spacial score (nSPS) is 20.4. The summed E-state index contributed by atoms with van der Waals surface area (Å²) in [7, 11) is 0. The lowest BCUT2D eigenvalue weighted by molar-refractivity contribution is -0.117. The Morgan fingerprint density at radius 2 is 1.94 bits per heavy atom. The first-order valence-electron chi connectivity index (χ1n) is 12.7. The van der Waals surface area contributed by atoms with Crippen LogP contribution in [0.1, 0.15) is 76.0 Å². The number of halogens is 1. The molecule has 1 saturated carbocycles. The highest BCUT2D eigenvalue weighted by molar-refractivity contribution is 7.90. The van der Waals surface area contributed by atoms with Crippen molar-refractivity contribution in [2.45, 2.75) is 75.6 Å². The summed E-state index contributed by atoms with van der Waals surface area (Å²) in [5.74, 6) is -0.185. The number of rotatable bonds is 9. The molecule has 8 heteroatoms. The van der Waals surface area contributed by atoms with Gasteiger partial charge in [-0.3, -0.25) is 4.79 Å². The number of anilines is 1. The zero-order chi connectivity index (χ0) is 25.9. The van der Waals surface area contributed by atoms with E-state index in [1.54, 1.807) is 18.2 Å². The number of hydrogen-bond acceptors (Lipinski definition) is 5. The van der Waals surface area contributed by atoms with E-state index in [0.29, 0.717) is 29.9 Å². The molecule has 1 amide bonds. The van der Waals surface area contributed by atoms with Gasteiger partial charge in [0.05, 0.1) is 23.4 Å². The molecule has 0 aromatic heterocycles. The molecule has 2 aliphatic rings. The minimum Gasteiger partial charge on any atom is -0.598 e. The van der Waals surface area contributed by atoms with Crippen LogP contribution in [0.25, 0.3) is 0 Å². The molecule has 192 valence electrons. The lowest BCUT2D eigenvalue weighted by atomic mass is 9.79. The molecule has 6 nitrogen and oxygen atoms in total. The van der Waals surface area contributed by atoms with Gasteiger partial charge in [-0.15, -0.1) is 4.72 Å². The molecular weight excluding hydrogens is 475 g/mol. The van der Waals surface area contributed by atoms with Crippen LogP contribution >= 0.6 is 0 Å². The van der Waals surface area contributed by atoms with Gasteiger partial charge in [0, 0.05) is 11.4 Å². The van der Waals surface area contributed by atoms with Gasteiger partial charge in [-0.05, 0) is 94.3 Å². The Morgan fingerprint density at radius 3 is 2.58 bits per heavy atom. The first-order chi connectivity index (χ1) is 17.1. The molecule has 0 spiro atoms. The van der Waals surface area contributed by atoms with E-state index in [2.05, 4.69) is 21.4 Å². The predicted octanol–water partition coefficient (Wildman–Crippen LogP) is 4.87. The van der Waals surface area contributed by atoms with Crippen molar-refractivity contribution >= 4 is 23.0 Å². The SMILES string of the molecule is CC(C)(C)[S+]([O-])N[C@](CCC1CC1)(c1cccc(C#N)c1)c1ccc(F)c(NC(=O)[C@H]2CCCN2)c1. The molecular formula is C28H35FN4O2S. The fourth-order valence-electron chi connectivity index (χ4n) is 4.63. The van der Waals surface area contributed by atoms with Gasteiger partial charge in [-0.2, -0.15) is 5.26 Å². The number of benzene rings is 2.